The van der Waals surface area contributed by atoms with Crippen molar-refractivity contribution in [2.45, 2.75) is 44.7 Å². The van der Waals surface area contributed by atoms with Gasteiger partial charge in [-0.3, -0.25) is 10.3 Å². The standard InChI is InChI=1S/C13H17N3/c1-2-11(8-14)16-13-5-3-4-10-6-7-15-9-12(10)13/h6-7,9,11,13,16H,2-5H2,1H3. The number of nitriles is 1. The van der Waals surface area contributed by atoms with Gasteiger partial charge in [0.05, 0.1) is 12.1 Å². The lowest BCUT2D eigenvalue weighted by Crippen LogP contribution is -2.33. The zero-order chi connectivity index (χ0) is 11.4. The van der Waals surface area contributed by atoms with E-state index in [1.165, 1.54) is 17.5 Å². The first-order valence-corrected chi connectivity index (χ1v) is 5.93. The molecule has 0 spiro atoms. The fourth-order valence-corrected chi connectivity index (χ4v) is 2.29. The topological polar surface area (TPSA) is 48.7 Å². The van der Waals surface area contributed by atoms with Crippen LogP contribution in [0, 0.1) is 11.3 Å². The first-order valence-electron chi connectivity index (χ1n) is 5.93. The molecule has 1 aliphatic carbocycles. The second kappa shape index (κ2) is 5.09. The van der Waals surface area contributed by atoms with Gasteiger partial charge in [-0.05, 0) is 42.9 Å². The first-order chi connectivity index (χ1) is 7.85. The fraction of sp³-hybridized carbons (Fsp3) is 0.538. The van der Waals surface area contributed by atoms with Crippen LogP contribution in [0.4, 0.5) is 0 Å². The van der Waals surface area contributed by atoms with Gasteiger partial charge < -0.3 is 0 Å². The van der Waals surface area contributed by atoms with Gasteiger partial charge in [0.1, 0.15) is 0 Å². The highest BCUT2D eigenvalue weighted by Crippen LogP contribution is 2.29. The molecule has 0 fully saturated rings. The second-order valence-corrected chi connectivity index (χ2v) is 4.28. The van der Waals surface area contributed by atoms with Crippen LogP contribution in [0.5, 0.6) is 0 Å². The first kappa shape index (κ1) is 11.1. The number of rotatable bonds is 3. The number of hydrogen-bond acceptors (Lipinski definition) is 3. The number of nitrogens with one attached hydrogen (secondary N) is 1. The van der Waals surface area contributed by atoms with Crippen LogP contribution in [-0.2, 0) is 6.42 Å². The summed E-state index contributed by atoms with van der Waals surface area (Å²) >= 11 is 0. The molecule has 3 nitrogen and oxygen atoms in total. The molecular formula is C13H17N3. The zero-order valence-corrected chi connectivity index (χ0v) is 9.61. The zero-order valence-electron chi connectivity index (χ0n) is 9.61. The summed E-state index contributed by atoms with van der Waals surface area (Å²) < 4.78 is 0. The van der Waals surface area contributed by atoms with Crippen LogP contribution in [-0.4, -0.2) is 11.0 Å². The number of pyridine rings is 1. The Hall–Kier alpha value is -1.40. The van der Waals surface area contributed by atoms with Crippen molar-refractivity contribution in [2.24, 2.45) is 0 Å². The van der Waals surface area contributed by atoms with Crippen molar-refractivity contribution in [2.75, 3.05) is 0 Å². The highest BCUT2D eigenvalue weighted by atomic mass is 15.0. The highest BCUT2D eigenvalue weighted by molar-refractivity contribution is 5.29. The second-order valence-electron chi connectivity index (χ2n) is 4.28. The number of hydrogen-bond donors (Lipinski definition) is 1. The number of fused-ring (bicyclic) bond motifs is 1. The normalized spacial score (nSPS) is 20.9. The molecule has 0 aliphatic heterocycles. The van der Waals surface area contributed by atoms with Crippen LogP contribution < -0.4 is 5.32 Å². The van der Waals surface area contributed by atoms with Gasteiger partial charge >= 0.3 is 0 Å². The highest BCUT2D eigenvalue weighted by Gasteiger charge is 2.21. The average Bonchev–Trinajstić information content (AvgIpc) is 2.36. The third kappa shape index (κ3) is 2.23. The Morgan fingerprint density at radius 1 is 1.69 bits per heavy atom. The van der Waals surface area contributed by atoms with Gasteiger partial charge in [-0.25, -0.2) is 0 Å². The largest absolute Gasteiger partial charge is 0.295 e. The van der Waals surface area contributed by atoms with E-state index in [4.69, 9.17) is 5.26 Å². The van der Waals surface area contributed by atoms with Crippen molar-refractivity contribution < 1.29 is 0 Å². The molecule has 84 valence electrons. The molecule has 1 aromatic heterocycles. The van der Waals surface area contributed by atoms with Crippen LogP contribution in [0.1, 0.15) is 43.4 Å². The van der Waals surface area contributed by atoms with Crippen LogP contribution >= 0.6 is 0 Å². The third-order valence-electron chi connectivity index (χ3n) is 3.23. The van der Waals surface area contributed by atoms with Gasteiger partial charge in [-0.2, -0.15) is 5.26 Å². The maximum absolute atomic E-state index is 8.98. The fourth-order valence-electron chi connectivity index (χ4n) is 2.29. The van der Waals surface area contributed by atoms with Gasteiger partial charge in [0, 0.05) is 18.4 Å². The van der Waals surface area contributed by atoms with Crippen molar-refractivity contribution in [1.82, 2.24) is 10.3 Å². The maximum Gasteiger partial charge on any atom is 0.0955 e. The lowest BCUT2D eigenvalue weighted by atomic mass is 9.89. The summed E-state index contributed by atoms with van der Waals surface area (Å²) in [5.41, 5.74) is 2.66. The molecule has 2 rings (SSSR count). The number of aromatic nitrogens is 1. The summed E-state index contributed by atoms with van der Waals surface area (Å²) in [7, 11) is 0. The summed E-state index contributed by atoms with van der Waals surface area (Å²) in [5.74, 6) is 0. The summed E-state index contributed by atoms with van der Waals surface area (Å²) in [6, 6.07) is 4.65. The van der Waals surface area contributed by atoms with Gasteiger partial charge in [-0.1, -0.05) is 6.92 Å². The molecule has 0 saturated heterocycles. The predicted octanol–water partition coefficient (Wildman–Crippen LogP) is 2.35. The summed E-state index contributed by atoms with van der Waals surface area (Å²) in [5, 5.41) is 12.4. The minimum Gasteiger partial charge on any atom is -0.295 e. The van der Waals surface area contributed by atoms with E-state index in [1.54, 1.807) is 0 Å². The minimum atomic E-state index is -0.0452. The van der Waals surface area contributed by atoms with Gasteiger partial charge in [0.25, 0.3) is 0 Å². The van der Waals surface area contributed by atoms with Crippen LogP contribution in [0.25, 0.3) is 0 Å². The molecule has 2 atom stereocenters. The van der Waals surface area contributed by atoms with E-state index >= 15 is 0 Å². The molecule has 3 heteroatoms. The Morgan fingerprint density at radius 2 is 2.56 bits per heavy atom. The van der Waals surface area contributed by atoms with E-state index in [2.05, 4.69) is 22.4 Å². The van der Waals surface area contributed by atoms with E-state index in [9.17, 15) is 0 Å². The van der Waals surface area contributed by atoms with E-state index in [1.807, 2.05) is 19.3 Å². The quantitative estimate of drug-likeness (QED) is 0.842. The Balaban J connectivity index is 2.16. The Kier molecular flexibility index (Phi) is 3.53. The molecule has 1 N–H and O–H groups in total. The lowest BCUT2D eigenvalue weighted by molar-refractivity contribution is 0.425. The summed E-state index contributed by atoms with van der Waals surface area (Å²) in [4.78, 5) is 4.18. The van der Waals surface area contributed by atoms with Crippen molar-refractivity contribution in [3.8, 4) is 6.07 Å². The number of nitrogens with zero attached hydrogens (tertiary/aromatic N) is 2. The molecule has 0 amide bonds. The van der Waals surface area contributed by atoms with E-state index < -0.39 is 0 Å². The van der Waals surface area contributed by atoms with Crippen LogP contribution in [0.15, 0.2) is 18.5 Å². The monoisotopic (exact) mass is 215 g/mol. The Morgan fingerprint density at radius 3 is 3.31 bits per heavy atom. The van der Waals surface area contributed by atoms with Gasteiger partial charge in [0.2, 0.25) is 0 Å². The molecule has 2 unspecified atom stereocenters. The van der Waals surface area contributed by atoms with Crippen molar-refractivity contribution >= 4 is 0 Å². The van der Waals surface area contributed by atoms with Crippen molar-refractivity contribution in [3.63, 3.8) is 0 Å². The SMILES string of the molecule is CCC(C#N)NC1CCCc2ccncc21. The summed E-state index contributed by atoms with van der Waals surface area (Å²) in [6.07, 6.45) is 8.08. The molecule has 1 aromatic rings. The molecule has 0 bridgehead atoms. The average molecular weight is 215 g/mol. The van der Waals surface area contributed by atoms with Crippen LogP contribution in [0.2, 0.25) is 0 Å². The molecule has 1 aliphatic rings. The van der Waals surface area contributed by atoms with Gasteiger partial charge in [-0.15, -0.1) is 0 Å². The third-order valence-corrected chi connectivity index (χ3v) is 3.23. The van der Waals surface area contributed by atoms with E-state index in [0.717, 1.165) is 19.3 Å². The minimum absolute atomic E-state index is 0.0452. The van der Waals surface area contributed by atoms with E-state index in [0.29, 0.717) is 6.04 Å². The molecule has 0 aromatic carbocycles. The Bertz CT molecular complexity index is 394. The van der Waals surface area contributed by atoms with Crippen molar-refractivity contribution in [3.05, 3.63) is 29.6 Å². The smallest absolute Gasteiger partial charge is 0.0955 e. The summed E-state index contributed by atoms with van der Waals surface area (Å²) in [6.45, 7) is 2.04. The van der Waals surface area contributed by atoms with Crippen LogP contribution in [0.3, 0.4) is 0 Å². The molecule has 1 heterocycles. The van der Waals surface area contributed by atoms with Gasteiger partial charge in [0.15, 0.2) is 0 Å². The lowest BCUT2D eigenvalue weighted by Gasteiger charge is -2.27. The predicted molar refractivity (Wildman–Crippen MR) is 62.7 cm³/mol. The molecule has 16 heavy (non-hydrogen) atoms. The number of aryl methyl sites for hydroxylation is 1. The molecule has 0 saturated carbocycles. The molecular weight excluding hydrogens is 198 g/mol. The maximum atomic E-state index is 8.98. The van der Waals surface area contributed by atoms with E-state index in [-0.39, 0.29) is 6.04 Å². The molecule has 0 radical (unpaired) electrons. The van der Waals surface area contributed by atoms with Crippen molar-refractivity contribution in [1.29, 1.82) is 5.26 Å². The Labute approximate surface area is 96.5 Å².